The second kappa shape index (κ2) is 9.57. The number of carboxylic acid groups (broad SMARTS) is 1. The molecule has 1 N–H and O–H groups in total. The maximum absolute atomic E-state index is 14.2. The molecule has 2 aromatic rings. The largest absolute Gasteiger partial charge is 0.573 e. The summed E-state index contributed by atoms with van der Waals surface area (Å²) < 4.78 is 96.0. The van der Waals surface area contributed by atoms with E-state index in [2.05, 4.69) is 9.47 Å². The number of alkyl halides is 5. The lowest BCUT2D eigenvalue weighted by molar-refractivity contribution is -0.274. The van der Waals surface area contributed by atoms with E-state index in [9.17, 15) is 36.2 Å². The molecule has 2 aromatic carbocycles. The third-order valence-electron chi connectivity index (χ3n) is 4.07. The van der Waals surface area contributed by atoms with E-state index < -0.39 is 52.9 Å². The molecule has 0 saturated heterocycles. The average molecular weight is 462 g/mol. The Balaban J connectivity index is 2.56. The molecule has 0 radical (unpaired) electrons. The number of benzene rings is 2. The smallest absolute Gasteiger partial charge is 0.510 e. The summed E-state index contributed by atoms with van der Waals surface area (Å²) in [5, 5.41) is 8.37. The van der Waals surface area contributed by atoms with E-state index in [-0.39, 0.29) is 11.5 Å². The van der Waals surface area contributed by atoms with Gasteiger partial charge in [0.2, 0.25) is 0 Å². The van der Waals surface area contributed by atoms with Crippen LogP contribution >= 0.6 is 0 Å². The van der Waals surface area contributed by atoms with Crippen LogP contribution in [0.2, 0.25) is 6.82 Å². The van der Waals surface area contributed by atoms with Gasteiger partial charge in [0.1, 0.15) is 44.3 Å². The normalized spacial score (nSPS) is 11.8. The van der Waals surface area contributed by atoms with Gasteiger partial charge in [-0.1, -0.05) is 6.82 Å². The fraction of sp³-hybridized carbons (Fsp3) is 0.235. The summed E-state index contributed by atoms with van der Waals surface area (Å²) in [5.41, 5.74) is -1.01. The SMILES string of the molecule is BC(B)(BC)Oc1cc(OC(F)(F)F)ccc1Oc1cc(OC(F)F)cc(F)c1C(=O)O. The van der Waals surface area contributed by atoms with Crippen LogP contribution in [0.25, 0.3) is 0 Å². The fourth-order valence-electron chi connectivity index (χ4n) is 2.35. The highest BCUT2D eigenvalue weighted by atomic mass is 19.4. The van der Waals surface area contributed by atoms with E-state index in [1.165, 1.54) is 0 Å². The molecule has 0 aliphatic rings. The fourth-order valence-corrected chi connectivity index (χ4v) is 2.35. The Hall–Kier alpha value is -3.12. The zero-order valence-corrected chi connectivity index (χ0v) is 16.9. The van der Waals surface area contributed by atoms with Gasteiger partial charge in [0, 0.05) is 23.5 Å². The van der Waals surface area contributed by atoms with Gasteiger partial charge in [0.15, 0.2) is 18.8 Å². The summed E-state index contributed by atoms with van der Waals surface area (Å²) >= 11 is 0. The number of hydrogen-bond donors (Lipinski definition) is 1. The summed E-state index contributed by atoms with van der Waals surface area (Å²) in [6.07, 6.45) is -5.00. The topological polar surface area (TPSA) is 74.2 Å². The zero-order chi connectivity index (χ0) is 24.3. The molecule has 0 unspecified atom stereocenters. The van der Waals surface area contributed by atoms with Crippen molar-refractivity contribution in [3.05, 3.63) is 41.7 Å². The minimum atomic E-state index is -5.00. The molecule has 0 saturated carbocycles. The summed E-state index contributed by atoms with van der Waals surface area (Å²) in [4.78, 5) is 11.5. The Bertz CT molecular complexity index is 986. The van der Waals surface area contributed by atoms with Crippen LogP contribution < -0.4 is 18.9 Å². The lowest BCUT2D eigenvalue weighted by Gasteiger charge is -2.27. The first kappa shape index (κ1) is 25.1. The van der Waals surface area contributed by atoms with E-state index in [1.807, 2.05) is 0 Å². The number of ether oxygens (including phenoxy) is 4. The van der Waals surface area contributed by atoms with Crippen LogP contribution in [0.5, 0.6) is 28.7 Å². The highest BCUT2D eigenvalue weighted by Crippen LogP contribution is 2.40. The molecular formula is C17H15B3F6O6. The lowest BCUT2D eigenvalue weighted by atomic mass is 9.42. The molecule has 0 aliphatic heterocycles. The molecule has 0 atom stereocenters. The molecule has 170 valence electrons. The molecule has 0 amide bonds. The van der Waals surface area contributed by atoms with Gasteiger partial charge in [-0.05, 0) is 12.1 Å². The van der Waals surface area contributed by atoms with Crippen molar-refractivity contribution in [2.24, 2.45) is 0 Å². The van der Waals surface area contributed by atoms with Gasteiger partial charge in [0.25, 0.3) is 0 Å². The molecule has 2 rings (SSSR count). The maximum Gasteiger partial charge on any atom is 0.573 e. The molecule has 0 spiro atoms. The van der Waals surface area contributed by atoms with Crippen LogP contribution in [0.15, 0.2) is 30.3 Å². The van der Waals surface area contributed by atoms with Crippen LogP contribution in [0, 0.1) is 5.82 Å². The summed E-state index contributed by atoms with van der Waals surface area (Å²) in [6.45, 7) is -1.60. The number of hydrogen-bond acceptors (Lipinski definition) is 5. The highest BCUT2D eigenvalue weighted by molar-refractivity contribution is 6.66. The van der Waals surface area contributed by atoms with Gasteiger partial charge in [-0.2, -0.15) is 8.78 Å². The van der Waals surface area contributed by atoms with Gasteiger partial charge in [-0.3, -0.25) is 0 Å². The molecule has 0 aromatic heterocycles. The monoisotopic (exact) mass is 462 g/mol. The van der Waals surface area contributed by atoms with Gasteiger partial charge in [-0.25, -0.2) is 9.18 Å². The minimum Gasteiger partial charge on any atom is -0.510 e. The minimum absolute atomic E-state index is 0.296. The van der Waals surface area contributed by atoms with Gasteiger partial charge >= 0.3 is 18.9 Å². The first-order chi connectivity index (χ1) is 14.7. The Kier molecular flexibility index (Phi) is 7.52. The van der Waals surface area contributed by atoms with E-state index in [0.717, 1.165) is 18.2 Å². The lowest BCUT2D eigenvalue weighted by Crippen LogP contribution is -2.42. The van der Waals surface area contributed by atoms with E-state index in [0.29, 0.717) is 19.4 Å². The molecule has 15 heteroatoms. The second-order valence-corrected chi connectivity index (χ2v) is 6.94. The molecule has 0 fully saturated rings. The Labute approximate surface area is 180 Å². The van der Waals surface area contributed by atoms with Crippen molar-refractivity contribution >= 4 is 28.9 Å². The van der Waals surface area contributed by atoms with Crippen molar-refractivity contribution in [2.75, 3.05) is 0 Å². The van der Waals surface area contributed by atoms with Crippen molar-refractivity contribution in [3.8, 4) is 28.7 Å². The predicted molar refractivity (Wildman–Crippen MR) is 107 cm³/mol. The predicted octanol–water partition coefficient (Wildman–Crippen LogP) is 2.56. The molecule has 6 nitrogen and oxygen atoms in total. The quantitative estimate of drug-likeness (QED) is 0.457. The molecule has 32 heavy (non-hydrogen) atoms. The van der Waals surface area contributed by atoms with Crippen LogP contribution in [-0.4, -0.2) is 52.3 Å². The van der Waals surface area contributed by atoms with Crippen LogP contribution in [-0.2, 0) is 0 Å². The van der Waals surface area contributed by atoms with E-state index in [4.69, 9.17) is 9.47 Å². The number of aromatic carboxylic acids is 1. The van der Waals surface area contributed by atoms with Crippen molar-refractivity contribution in [3.63, 3.8) is 0 Å². The first-order valence-electron chi connectivity index (χ1n) is 8.99. The summed E-state index contributed by atoms with van der Waals surface area (Å²) in [5.74, 6) is -5.96. The van der Waals surface area contributed by atoms with E-state index >= 15 is 0 Å². The average Bonchev–Trinajstić information content (AvgIpc) is 2.61. The third-order valence-corrected chi connectivity index (χ3v) is 4.07. The zero-order valence-electron chi connectivity index (χ0n) is 16.9. The van der Waals surface area contributed by atoms with Crippen LogP contribution in [0.1, 0.15) is 10.4 Å². The van der Waals surface area contributed by atoms with Crippen LogP contribution in [0.3, 0.4) is 0 Å². The van der Waals surface area contributed by atoms with Crippen molar-refractivity contribution < 1.29 is 55.2 Å². The van der Waals surface area contributed by atoms with Crippen molar-refractivity contribution in [1.29, 1.82) is 0 Å². The molecule has 0 heterocycles. The van der Waals surface area contributed by atoms with Crippen molar-refractivity contribution in [1.82, 2.24) is 0 Å². The van der Waals surface area contributed by atoms with Gasteiger partial charge in [0.05, 0.1) is 0 Å². The number of carbonyl (C=O) groups is 1. The first-order valence-corrected chi connectivity index (χ1v) is 8.99. The summed E-state index contributed by atoms with van der Waals surface area (Å²) in [6, 6.07) is 3.79. The standard InChI is InChI=1S/C17H15B3F6O6/c1-20-16(18,19)32-11-5-7(31-17(24,25)26)2-3-10(11)30-12-6-8(29-15(22)23)4-9(21)13(12)14(27)28/h2-6,15,20H,18-19H2,1H3,(H,27,28). The maximum atomic E-state index is 14.2. The number of rotatable bonds is 9. The number of carboxylic acids is 1. The number of halogens is 6. The third kappa shape index (κ3) is 6.96. The second-order valence-electron chi connectivity index (χ2n) is 6.94. The van der Waals surface area contributed by atoms with E-state index in [1.54, 1.807) is 22.5 Å². The van der Waals surface area contributed by atoms with Crippen molar-refractivity contribution in [2.45, 2.75) is 25.1 Å². The molecule has 0 bridgehead atoms. The molecule has 0 aliphatic carbocycles. The Morgan fingerprint density at radius 3 is 2.19 bits per heavy atom. The Morgan fingerprint density at radius 1 is 1.03 bits per heavy atom. The Morgan fingerprint density at radius 2 is 1.66 bits per heavy atom. The summed E-state index contributed by atoms with van der Waals surface area (Å²) in [7, 11) is 3.64. The molecular weight excluding hydrogens is 447 g/mol. The highest BCUT2D eigenvalue weighted by Gasteiger charge is 2.32. The van der Waals surface area contributed by atoms with Gasteiger partial charge < -0.3 is 24.1 Å². The van der Waals surface area contributed by atoms with Crippen LogP contribution in [0.4, 0.5) is 26.3 Å². The van der Waals surface area contributed by atoms with Gasteiger partial charge in [-0.15, -0.1) is 13.2 Å².